The number of anilines is 1. The average molecular weight is 302 g/mol. The number of urea groups is 1. The summed E-state index contributed by atoms with van der Waals surface area (Å²) >= 11 is 11.7. The quantitative estimate of drug-likeness (QED) is 0.836. The van der Waals surface area contributed by atoms with Gasteiger partial charge in [0, 0.05) is 28.8 Å². The van der Waals surface area contributed by atoms with Crippen LogP contribution in [0.1, 0.15) is 6.92 Å². The van der Waals surface area contributed by atoms with Crippen LogP contribution in [0.5, 0.6) is 0 Å². The van der Waals surface area contributed by atoms with Gasteiger partial charge in [-0.2, -0.15) is 0 Å². The summed E-state index contributed by atoms with van der Waals surface area (Å²) in [7, 11) is 0. The van der Waals surface area contributed by atoms with Crippen LogP contribution in [-0.4, -0.2) is 36.0 Å². The molecule has 2 N–H and O–H groups in total. The molecule has 0 aliphatic carbocycles. The summed E-state index contributed by atoms with van der Waals surface area (Å²) in [6.07, 6.45) is 0. The fraction of sp³-hybridized carbons (Fsp3) is 0.333. The molecule has 1 aliphatic rings. The number of piperazine rings is 1. The van der Waals surface area contributed by atoms with E-state index in [1.807, 2.05) is 0 Å². The van der Waals surface area contributed by atoms with Gasteiger partial charge in [0.2, 0.25) is 5.91 Å². The van der Waals surface area contributed by atoms with Gasteiger partial charge in [0.25, 0.3) is 0 Å². The van der Waals surface area contributed by atoms with E-state index in [0.717, 1.165) is 0 Å². The minimum absolute atomic E-state index is 0.162. The predicted octanol–water partition coefficient (Wildman–Crippen LogP) is 2.35. The first-order chi connectivity index (χ1) is 8.97. The Balaban J connectivity index is 2.10. The second-order valence-electron chi connectivity index (χ2n) is 4.25. The summed E-state index contributed by atoms with van der Waals surface area (Å²) in [6, 6.07) is 3.93. The van der Waals surface area contributed by atoms with Gasteiger partial charge in [0.15, 0.2) is 0 Å². The van der Waals surface area contributed by atoms with Crippen molar-refractivity contribution in [1.82, 2.24) is 10.2 Å². The Morgan fingerprint density at radius 3 is 2.63 bits per heavy atom. The third-order valence-corrected chi connectivity index (χ3v) is 3.31. The molecule has 1 fully saturated rings. The van der Waals surface area contributed by atoms with Gasteiger partial charge in [-0.25, -0.2) is 4.79 Å². The first-order valence-corrected chi connectivity index (χ1v) is 6.54. The Kier molecular flexibility index (Phi) is 4.17. The van der Waals surface area contributed by atoms with E-state index in [9.17, 15) is 9.59 Å². The van der Waals surface area contributed by atoms with Crippen molar-refractivity contribution in [3.05, 3.63) is 28.2 Å². The van der Waals surface area contributed by atoms with E-state index in [-0.39, 0.29) is 11.9 Å². The highest BCUT2D eigenvalue weighted by atomic mass is 35.5. The summed E-state index contributed by atoms with van der Waals surface area (Å²) < 4.78 is 0. The predicted molar refractivity (Wildman–Crippen MR) is 74.7 cm³/mol. The molecule has 3 amide bonds. The number of rotatable bonds is 1. The largest absolute Gasteiger partial charge is 0.353 e. The smallest absolute Gasteiger partial charge is 0.322 e. The van der Waals surface area contributed by atoms with Crippen molar-refractivity contribution in [2.75, 3.05) is 18.4 Å². The molecule has 0 bridgehead atoms. The lowest BCUT2D eigenvalue weighted by atomic mass is 10.2. The third kappa shape index (κ3) is 3.30. The lowest BCUT2D eigenvalue weighted by molar-refractivity contribution is -0.126. The summed E-state index contributed by atoms with van der Waals surface area (Å²) in [5.74, 6) is -0.162. The van der Waals surface area contributed by atoms with E-state index >= 15 is 0 Å². The third-order valence-electron chi connectivity index (χ3n) is 2.87. The summed E-state index contributed by atoms with van der Waals surface area (Å²) in [5.41, 5.74) is 0.501. The number of carbonyl (C=O) groups excluding carboxylic acids is 2. The van der Waals surface area contributed by atoms with E-state index in [1.54, 1.807) is 25.1 Å². The van der Waals surface area contributed by atoms with E-state index in [0.29, 0.717) is 28.8 Å². The summed E-state index contributed by atoms with van der Waals surface area (Å²) in [6.45, 7) is 2.60. The van der Waals surface area contributed by atoms with E-state index in [2.05, 4.69) is 10.6 Å². The van der Waals surface area contributed by atoms with Gasteiger partial charge in [-0.1, -0.05) is 23.2 Å². The normalized spacial score (nSPS) is 19.0. The van der Waals surface area contributed by atoms with Gasteiger partial charge >= 0.3 is 6.03 Å². The van der Waals surface area contributed by atoms with Crippen molar-refractivity contribution in [3.63, 3.8) is 0 Å². The van der Waals surface area contributed by atoms with Crippen molar-refractivity contribution in [2.45, 2.75) is 13.0 Å². The lowest BCUT2D eigenvalue weighted by Crippen LogP contribution is -2.56. The second-order valence-corrected chi connectivity index (χ2v) is 5.12. The molecule has 5 nitrogen and oxygen atoms in total. The van der Waals surface area contributed by atoms with Crippen molar-refractivity contribution in [1.29, 1.82) is 0 Å². The molecule has 1 unspecified atom stereocenters. The first-order valence-electron chi connectivity index (χ1n) is 5.79. The second kappa shape index (κ2) is 5.67. The molecule has 1 aromatic rings. The number of benzene rings is 1. The molecule has 1 heterocycles. The van der Waals surface area contributed by atoms with Crippen LogP contribution in [0.25, 0.3) is 0 Å². The molecule has 7 heteroatoms. The Bertz CT molecular complexity index is 501. The molecule has 1 saturated heterocycles. The van der Waals surface area contributed by atoms with Crippen LogP contribution < -0.4 is 10.6 Å². The van der Waals surface area contributed by atoms with Crippen LogP contribution in [0, 0.1) is 0 Å². The topological polar surface area (TPSA) is 61.4 Å². The van der Waals surface area contributed by atoms with Crippen molar-refractivity contribution in [3.8, 4) is 0 Å². The fourth-order valence-electron chi connectivity index (χ4n) is 1.88. The van der Waals surface area contributed by atoms with Crippen molar-refractivity contribution in [2.24, 2.45) is 0 Å². The van der Waals surface area contributed by atoms with Crippen LogP contribution in [-0.2, 0) is 4.79 Å². The minimum atomic E-state index is -0.497. The van der Waals surface area contributed by atoms with E-state index in [1.165, 1.54) is 4.90 Å². The number of carbonyl (C=O) groups is 2. The zero-order valence-corrected chi connectivity index (χ0v) is 11.8. The van der Waals surface area contributed by atoms with Gasteiger partial charge in [-0.15, -0.1) is 0 Å². The van der Waals surface area contributed by atoms with Gasteiger partial charge in [-0.05, 0) is 25.1 Å². The molecule has 0 radical (unpaired) electrons. The average Bonchev–Trinajstić information content (AvgIpc) is 2.31. The highest BCUT2D eigenvalue weighted by Gasteiger charge is 2.29. The molecule has 2 rings (SSSR count). The molecule has 0 aromatic heterocycles. The molecule has 1 atom stereocenters. The van der Waals surface area contributed by atoms with Gasteiger partial charge in [0.05, 0.1) is 0 Å². The number of amides is 3. The highest BCUT2D eigenvalue weighted by Crippen LogP contribution is 2.23. The van der Waals surface area contributed by atoms with Crippen LogP contribution in [0.2, 0.25) is 10.0 Å². The molecule has 1 aliphatic heterocycles. The molecule has 1 aromatic carbocycles. The fourth-order valence-corrected chi connectivity index (χ4v) is 2.41. The monoisotopic (exact) mass is 301 g/mol. The maximum absolute atomic E-state index is 12.1. The molecule has 0 spiro atoms. The Morgan fingerprint density at radius 2 is 2.00 bits per heavy atom. The Morgan fingerprint density at radius 1 is 1.37 bits per heavy atom. The van der Waals surface area contributed by atoms with Gasteiger partial charge in [0.1, 0.15) is 6.04 Å². The lowest BCUT2D eigenvalue weighted by Gasteiger charge is -2.32. The number of hydrogen-bond donors (Lipinski definition) is 2. The Hall–Kier alpha value is -1.46. The maximum Gasteiger partial charge on any atom is 0.322 e. The number of halogens is 2. The molecule has 0 saturated carbocycles. The molecular formula is C12H13Cl2N3O2. The van der Waals surface area contributed by atoms with Crippen LogP contribution in [0.15, 0.2) is 18.2 Å². The first kappa shape index (κ1) is 14.0. The van der Waals surface area contributed by atoms with Crippen molar-refractivity contribution < 1.29 is 9.59 Å². The zero-order chi connectivity index (χ0) is 14.0. The Labute approximate surface area is 120 Å². The number of nitrogens with zero attached hydrogens (tertiary/aromatic N) is 1. The molecule has 102 valence electrons. The van der Waals surface area contributed by atoms with Gasteiger partial charge in [-0.3, -0.25) is 4.79 Å². The minimum Gasteiger partial charge on any atom is -0.353 e. The number of nitrogens with one attached hydrogen (secondary N) is 2. The van der Waals surface area contributed by atoms with Crippen LogP contribution in [0.4, 0.5) is 10.5 Å². The van der Waals surface area contributed by atoms with E-state index < -0.39 is 6.04 Å². The summed E-state index contributed by atoms with van der Waals surface area (Å²) in [5, 5.41) is 6.25. The van der Waals surface area contributed by atoms with Crippen LogP contribution in [0.3, 0.4) is 0 Å². The maximum atomic E-state index is 12.1. The van der Waals surface area contributed by atoms with Crippen LogP contribution >= 0.6 is 23.2 Å². The van der Waals surface area contributed by atoms with Gasteiger partial charge < -0.3 is 15.5 Å². The van der Waals surface area contributed by atoms with E-state index in [4.69, 9.17) is 23.2 Å². The molecular weight excluding hydrogens is 289 g/mol. The standard InChI is InChI=1S/C12H13Cl2N3O2/c1-7-11(18)15-2-3-17(7)12(19)16-10-5-8(13)4-9(14)6-10/h4-7H,2-3H2,1H3,(H,15,18)(H,16,19). The summed E-state index contributed by atoms with van der Waals surface area (Å²) in [4.78, 5) is 25.1. The number of hydrogen-bond acceptors (Lipinski definition) is 2. The van der Waals surface area contributed by atoms with Crippen molar-refractivity contribution >= 4 is 40.8 Å². The SMILES string of the molecule is CC1C(=O)NCCN1C(=O)Nc1cc(Cl)cc(Cl)c1. The highest BCUT2D eigenvalue weighted by molar-refractivity contribution is 6.35. The zero-order valence-electron chi connectivity index (χ0n) is 10.2. The molecule has 19 heavy (non-hydrogen) atoms.